The molecule has 0 spiro atoms. The van der Waals surface area contributed by atoms with Gasteiger partial charge in [0.15, 0.2) is 5.13 Å². The molecule has 20 heteroatoms. The molecule has 0 saturated carbocycles. The molecule has 1 aliphatic heterocycles. The minimum absolute atomic E-state index is 0.0247. The molecule has 1 saturated heterocycles. The number of benzene rings is 1. The number of fused-ring (bicyclic) bond motifs is 1. The number of amides is 4. The van der Waals surface area contributed by atoms with Crippen LogP contribution in [0.3, 0.4) is 0 Å². The van der Waals surface area contributed by atoms with Crippen LogP contribution in [0.5, 0.6) is 0 Å². The average Bonchev–Trinajstić information content (AvgIpc) is 3.87. The summed E-state index contributed by atoms with van der Waals surface area (Å²) in [6.07, 6.45) is -0.178. The van der Waals surface area contributed by atoms with E-state index in [1.54, 1.807) is 60.0 Å². The van der Waals surface area contributed by atoms with Crippen molar-refractivity contribution in [2.45, 2.75) is 25.9 Å². The molecule has 57 heavy (non-hydrogen) atoms. The molecule has 4 amide bonds. The first kappa shape index (κ1) is 42.0. The third kappa shape index (κ3) is 11.0. The number of carbonyl (C=O) groups is 5. The van der Waals surface area contributed by atoms with Crippen LogP contribution in [0.2, 0.25) is 0 Å². The van der Waals surface area contributed by atoms with Crippen LogP contribution in [0.15, 0.2) is 61.1 Å². The van der Waals surface area contributed by atoms with Crippen LogP contribution in [0, 0.1) is 0 Å². The number of halogens is 3. The highest BCUT2D eigenvalue weighted by Crippen LogP contribution is 2.30. The van der Waals surface area contributed by atoms with Gasteiger partial charge < -0.3 is 34.9 Å². The number of alkyl halides is 3. The monoisotopic (exact) mass is 811 g/mol. The van der Waals surface area contributed by atoms with E-state index >= 15 is 0 Å². The maximum absolute atomic E-state index is 13.3. The number of ether oxygens (including phenoxy) is 1. The lowest BCUT2D eigenvalue weighted by Crippen LogP contribution is -2.41. The fraction of sp³-hybridized carbons (Fsp3) is 0.324. The molecular weight excluding hydrogens is 772 g/mol. The largest absolute Gasteiger partial charge is 0.490 e. The predicted molar refractivity (Wildman–Crippen MR) is 206 cm³/mol. The fourth-order valence-corrected chi connectivity index (χ4v) is 6.61. The lowest BCUT2D eigenvalue weighted by atomic mass is 10.1. The molecule has 16 nitrogen and oxygen atoms in total. The van der Waals surface area contributed by atoms with Gasteiger partial charge in [-0.15, -0.1) is 11.3 Å². The van der Waals surface area contributed by atoms with Gasteiger partial charge in [0.1, 0.15) is 22.8 Å². The van der Waals surface area contributed by atoms with Gasteiger partial charge in [0.2, 0.25) is 0 Å². The Morgan fingerprint density at radius 1 is 0.860 bits per heavy atom. The van der Waals surface area contributed by atoms with Crippen LogP contribution in [0.1, 0.15) is 66.6 Å². The van der Waals surface area contributed by atoms with Crippen molar-refractivity contribution in [3.8, 4) is 0 Å². The van der Waals surface area contributed by atoms with Crippen molar-refractivity contribution in [3.63, 3.8) is 0 Å². The van der Waals surface area contributed by atoms with E-state index in [-0.39, 0.29) is 23.2 Å². The van der Waals surface area contributed by atoms with Gasteiger partial charge in [0.25, 0.3) is 23.6 Å². The van der Waals surface area contributed by atoms with E-state index in [4.69, 9.17) is 14.6 Å². The second-order valence-corrected chi connectivity index (χ2v) is 14.2. The zero-order valence-electron chi connectivity index (χ0n) is 31.3. The first-order chi connectivity index (χ1) is 27.0. The molecule has 5 heterocycles. The summed E-state index contributed by atoms with van der Waals surface area (Å²) in [6, 6.07) is 12.5. The molecule has 1 aliphatic rings. The fourth-order valence-electron chi connectivity index (χ4n) is 5.65. The summed E-state index contributed by atoms with van der Waals surface area (Å²) in [7, 11) is 3.39. The van der Waals surface area contributed by atoms with Gasteiger partial charge in [-0.2, -0.15) is 13.2 Å². The van der Waals surface area contributed by atoms with Crippen molar-refractivity contribution in [1.29, 1.82) is 0 Å². The van der Waals surface area contributed by atoms with Crippen LogP contribution in [-0.4, -0.2) is 104 Å². The average molecular weight is 812 g/mol. The van der Waals surface area contributed by atoms with Gasteiger partial charge >= 0.3 is 12.1 Å². The number of aromatic nitrogens is 4. The summed E-state index contributed by atoms with van der Waals surface area (Å²) in [6.45, 7) is 8.20. The molecule has 0 aliphatic carbocycles. The smallest absolute Gasteiger partial charge is 0.475 e. The molecule has 1 fully saturated rings. The Labute approximate surface area is 328 Å². The van der Waals surface area contributed by atoms with Crippen molar-refractivity contribution in [3.05, 3.63) is 88.7 Å². The van der Waals surface area contributed by atoms with E-state index in [2.05, 4.69) is 36.1 Å². The second-order valence-electron chi connectivity index (χ2n) is 13.1. The zero-order valence-corrected chi connectivity index (χ0v) is 32.1. The number of aryl methyl sites for hydroxylation is 2. The topological polar surface area (TPSA) is 202 Å². The van der Waals surface area contributed by atoms with Crippen molar-refractivity contribution in [2.75, 3.05) is 55.3 Å². The van der Waals surface area contributed by atoms with Gasteiger partial charge in [-0.3, -0.25) is 34.4 Å². The maximum atomic E-state index is 13.3. The number of carboxylic acid groups (broad SMARTS) is 1. The highest BCUT2D eigenvalue weighted by atomic mass is 32.1. The normalized spacial score (nSPS) is 13.1. The Kier molecular flexibility index (Phi) is 13.4. The number of aliphatic carboxylic acids is 1. The highest BCUT2D eigenvalue weighted by molar-refractivity contribution is 7.16. The van der Waals surface area contributed by atoms with Gasteiger partial charge in [0, 0.05) is 69.1 Å². The Morgan fingerprint density at radius 3 is 2.00 bits per heavy atom. The summed E-state index contributed by atoms with van der Waals surface area (Å²) >= 11 is 1.26. The Bertz CT molecular complexity index is 2280. The number of hydrogen-bond donors (Lipinski definition) is 5. The lowest BCUT2D eigenvalue weighted by molar-refractivity contribution is -0.192. The molecule has 0 bridgehead atoms. The number of carboxylic acids is 1. The number of anilines is 3. The molecule has 6 rings (SSSR count). The summed E-state index contributed by atoms with van der Waals surface area (Å²) < 4.78 is 40.3. The highest BCUT2D eigenvalue weighted by Gasteiger charge is 2.38. The van der Waals surface area contributed by atoms with Crippen LogP contribution in [0.4, 0.5) is 29.7 Å². The number of nitrogens with one attached hydrogen (secondary N) is 4. The first-order valence-electron chi connectivity index (χ1n) is 17.5. The molecule has 1 aromatic carbocycles. The van der Waals surface area contributed by atoms with Crippen LogP contribution in [-0.2, 0) is 23.6 Å². The molecular formula is C37H40F3N9O7S. The molecule has 5 N–H and O–H groups in total. The third-order valence-corrected chi connectivity index (χ3v) is 9.80. The van der Waals surface area contributed by atoms with E-state index in [1.807, 2.05) is 38.1 Å². The molecule has 0 atom stereocenters. The van der Waals surface area contributed by atoms with Gasteiger partial charge in [-0.1, -0.05) is 38.1 Å². The number of rotatable bonds is 11. The number of carbonyl (C=O) groups excluding carboxylic acids is 4. The summed E-state index contributed by atoms with van der Waals surface area (Å²) in [4.78, 5) is 73.2. The van der Waals surface area contributed by atoms with Crippen molar-refractivity contribution >= 4 is 68.2 Å². The maximum Gasteiger partial charge on any atom is 0.490 e. The van der Waals surface area contributed by atoms with Crippen LogP contribution in [0.25, 0.3) is 10.8 Å². The van der Waals surface area contributed by atoms with Crippen LogP contribution >= 0.6 is 11.3 Å². The van der Waals surface area contributed by atoms with E-state index < -0.39 is 29.9 Å². The number of pyridine rings is 1. The number of thiazole rings is 1. The zero-order chi connectivity index (χ0) is 41.4. The summed E-state index contributed by atoms with van der Waals surface area (Å²) in [5, 5.41) is 20.6. The van der Waals surface area contributed by atoms with E-state index in [1.165, 1.54) is 11.3 Å². The summed E-state index contributed by atoms with van der Waals surface area (Å²) in [5.74, 6) is -4.28. The van der Waals surface area contributed by atoms with Crippen molar-refractivity contribution in [2.24, 2.45) is 14.1 Å². The molecule has 0 unspecified atom stereocenters. The van der Waals surface area contributed by atoms with Gasteiger partial charge in [-0.05, 0) is 29.5 Å². The number of nitrogens with zero attached hydrogens (tertiary/aromatic N) is 5. The molecule has 5 aromatic rings. The van der Waals surface area contributed by atoms with E-state index in [9.17, 15) is 32.3 Å². The predicted octanol–water partition coefficient (Wildman–Crippen LogP) is 4.94. The second kappa shape index (κ2) is 18.2. The molecule has 302 valence electrons. The number of morpholine rings is 1. The Hall–Kier alpha value is -6.12. The van der Waals surface area contributed by atoms with Gasteiger partial charge in [0.05, 0.1) is 24.6 Å². The molecule has 0 radical (unpaired) electrons. The lowest BCUT2D eigenvalue weighted by Gasteiger charge is -2.26. The Morgan fingerprint density at radius 2 is 1.42 bits per heavy atom. The van der Waals surface area contributed by atoms with Crippen molar-refractivity contribution in [1.82, 2.24) is 29.3 Å². The Balaban J connectivity index is 0.000000811. The number of hydrogen-bond acceptors (Lipinski definition) is 10. The quantitative estimate of drug-likeness (QED) is 0.122. The minimum Gasteiger partial charge on any atom is -0.475 e. The summed E-state index contributed by atoms with van der Waals surface area (Å²) in [5.41, 5.74) is 1.96. The third-order valence-electron chi connectivity index (χ3n) is 8.53. The van der Waals surface area contributed by atoms with E-state index in [0.29, 0.717) is 47.7 Å². The first-order valence-corrected chi connectivity index (χ1v) is 18.3. The van der Waals surface area contributed by atoms with Crippen molar-refractivity contribution < 1.29 is 47.0 Å². The van der Waals surface area contributed by atoms with Crippen LogP contribution < -0.4 is 21.3 Å². The van der Waals surface area contributed by atoms with Gasteiger partial charge in [-0.25, -0.2) is 9.78 Å². The minimum atomic E-state index is -5.08. The van der Waals surface area contributed by atoms with E-state index in [0.717, 1.165) is 35.3 Å². The standard InChI is InChI=1S/C35H39N9O5S.C2HF3O2/c1-21(2)30-29(34(48)36-9-10-44-11-13-49-14-12-44)40-35(50-30)41-33(47)28-17-25(20-43(28)4)39-32(46)27-16-24(19-42(27)3)38-31(45)26-15-22-7-5-6-8-23(22)18-37-26;3-2(4,5)1(6)7/h5-8,15-21H,9-14H2,1-4H3,(H,36,48)(H,38,45)(H,39,46)(H,40,41,47);(H,6,7). The molecule has 4 aromatic heterocycles. The SMILES string of the molecule is CC(C)c1sc(NC(=O)c2cc(NC(=O)c3cc(NC(=O)c4cc5ccccc5cn4)cn3C)cn2C)nc1C(=O)NCCN1CCOCC1.O=C(O)C(F)(F)F.